The van der Waals surface area contributed by atoms with Crippen molar-refractivity contribution in [1.82, 2.24) is 4.98 Å². The third-order valence-electron chi connectivity index (χ3n) is 2.72. The number of nitrogens with zero attached hydrogens (tertiary/aromatic N) is 1. The lowest BCUT2D eigenvalue weighted by Gasteiger charge is -2.10. The third-order valence-corrected chi connectivity index (χ3v) is 2.72. The van der Waals surface area contributed by atoms with Crippen LogP contribution in [0.2, 0.25) is 0 Å². The summed E-state index contributed by atoms with van der Waals surface area (Å²) in [4.78, 5) is 3.92. The molecule has 0 aliphatic heterocycles. The van der Waals surface area contributed by atoms with Crippen LogP contribution in [0.15, 0.2) is 18.3 Å². The summed E-state index contributed by atoms with van der Waals surface area (Å²) >= 11 is 0. The van der Waals surface area contributed by atoms with Crippen molar-refractivity contribution in [3.05, 3.63) is 24.1 Å². The Kier molecular flexibility index (Phi) is 2.15. The molecule has 0 spiro atoms. The number of halogens is 1. The first kappa shape index (κ1) is 9.40. The summed E-state index contributed by atoms with van der Waals surface area (Å²) in [5.41, 5.74) is -0.163. The highest BCUT2D eigenvalue weighted by molar-refractivity contribution is 5.40. The first-order valence-corrected chi connectivity index (χ1v) is 4.58. The molecule has 0 bridgehead atoms. The average Bonchev–Trinajstić information content (AvgIpc) is 2.82. The van der Waals surface area contributed by atoms with Crippen molar-refractivity contribution in [3.63, 3.8) is 0 Å². The van der Waals surface area contributed by atoms with Gasteiger partial charge in [0, 0.05) is 19.7 Å². The Hall–Kier alpha value is -1.16. The number of hydrogen-bond donors (Lipinski definition) is 1. The van der Waals surface area contributed by atoms with E-state index in [1.165, 1.54) is 6.07 Å². The van der Waals surface area contributed by atoms with E-state index in [-0.39, 0.29) is 17.5 Å². The maximum atomic E-state index is 13.2. The van der Waals surface area contributed by atoms with Crippen molar-refractivity contribution in [3.8, 4) is 0 Å². The molecule has 3 nitrogen and oxygen atoms in total. The van der Waals surface area contributed by atoms with Crippen molar-refractivity contribution >= 4 is 5.82 Å². The van der Waals surface area contributed by atoms with Crippen LogP contribution in [0.25, 0.3) is 0 Å². The van der Waals surface area contributed by atoms with Gasteiger partial charge < -0.3 is 10.1 Å². The molecule has 2 unspecified atom stereocenters. The number of anilines is 1. The summed E-state index contributed by atoms with van der Waals surface area (Å²) in [5, 5.41) is 3.01. The summed E-state index contributed by atoms with van der Waals surface area (Å²) in [5.74, 6) is -0.0175. The number of ether oxygens (including phenoxy) is 1. The normalized spacial score (nSPS) is 30.1. The molecule has 2 rings (SSSR count). The molecule has 0 aromatic carbocycles. The van der Waals surface area contributed by atoms with E-state index in [9.17, 15) is 4.39 Å². The van der Waals surface area contributed by atoms with Gasteiger partial charge in [-0.3, -0.25) is 0 Å². The van der Waals surface area contributed by atoms with Crippen LogP contribution in [0, 0.1) is 5.82 Å². The quantitative estimate of drug-likeness (QED) is 0.800. The molecular weight excluding hydrogens is 183 g/mol. The molecule has 1 heterocycles. The number of methoxy groups -OCH3 is 1. The minimum atomic E-state index is -0.321. The zero-order chi connectivity index (χ0) is 10.2. The third kappa shape index (κ3) is 1.57. The van der Waals surface area contributed by atoms with Crippen molar-refractivity contribution in [2.45, 2.75) is 25.0 Å². The zero-order valence-electron chi connectivity index (χ0n) is 8.25. The van der Waals surface area contributed by atoms with Crippen LogP contribution in [-0.4, -0.2) is 23.7 Å². The van der Waals surface area contributed by atoms with Gasteiger partial charge in [0.05, 0.1) is 11.6 Å². The summed E-state index contributed by atoms with van der Waals surface area (Å²) in [6.45, 7) is 1.99. The molecule has 1 aromatic rings. The molecule has 0 amide bonds. The molecule has 0 saturated heterocycles. The molecule has 1 fully saturated rings. The van der Waals surface area contributed by atoms with Crippen LogP contribution in [0.1, 0.15) is 13.3 Å². The SMILES string of the molecule is COC1(C)CC1Nc1ncccc1F. The minimum Gasteiger partial charge on any atom is -0.376 e. The summed E-state index contributed by atoms with van der Waals surface area (Å²) in [7, 11) is 1.66. The predicted molar refractivity (Wildman–Crippen MR) is 51.6 cm³/mol. The maximum absolute atomic E-state index is 13.2. The van der Waals surface area contributed by atoms with Crippen LogP contribution in [0.3, 0.4) is 0 Å². The zero-order valence-corrected chi connectivity index (χ0v) is 8.25. The summed E-state index contributed by atoms with van der Waals surface area (Å²) in [6, 6.07) is 3.13. The van der Waals surface area contributed by atoms with Crippen LogP contribution in [-0.2, 0) is 4.74 Å². The van der Waals surface area contributed by atoms with E-state index in [1.807, 2.05) is 6.92 Å². The number of aromatic nitrogens is 1. The van der Waals surface area contributed by atoms with Gasteiger partial charge in [-0.25, -0.2) is 9.37 Å². The van der Waals surface area contributed by atoms with Gasteiger partial charge in [-0.2, -0.15) is 0 Å². The fraction of sp³-hybridized carbons (Fsp3) is 0.500. The van der Waals surface area contributed by atoms with Gasteiger partial charge in [0.25, 0.3) is 0 Å². The van der Waals surface area contributed by atoms with Gasteiger partial charge in [0.2, 0.25) is 0 Å². The second-order valence-electron chi connectivity index (χ2n) is 3.75. The van der Waals surface area contributed by atoms with Gasteiger partial charge >= 0.3 is 0 Å². The Balaban J connectivity index is 2.04. The molecule has 1 aliphatic rings. The fourth-order valence-electron chi connectivity index (χ4n) is 1.43. The Labute approximate surface area is 82.3 Å². The Bertz CT molecular complexity index is 345. The maximum Gasteiger partial charge on any atom is 0.165 e. The molecule has 1 aliphatic carbocycles. The van der Waals surface area contributed by atoms with Gasteiger partial charge in [0.15, 0.2) is 11.6 Å². The molecule has 0 radical (unpaired) electrons. The van der Waals surface area contributed by atoms with E-state index in [2.05, 4.69) is 10.3 Å². The number of rotatable bonds is 3. The van der Waals surface area contributed by atoms with Crippen molar-refractivity contribution in [1.29, 1.82) is 0 Å². The van der Waals surface area contributed by atoms with Crippen LogP contribution >= 0.6 is 0 Å². The Morgan fingerprint density at radius 2 is 2.50 bits per heavy atom. The van der Waals surface area contributed by atoms with Crippen molar-refractivity contribution < 1.29 is 9.13 Å². The lowest BCUT2D eigenvalue weighted by atomic mass is 10.3. The van der Waals surface area contributed by atoms with E-state index in [1.54, 1.807) is 19.4 Å². The second kappa shape index (κ2) is 3.20. The largest absolute Gasteiger partial charge is 0.376 e. The highest BCUT2D eigenvalue weighted by atomic mass is 19.1. The van der Waals surface area contributed by atoms with E-state index in [0.717, 1.165) is 6.42 Å². The Morgan fingerprint density at radius 3 is 3.07 bits per heavy atom. The van der Waals surface area contributed by atoms with Gasteiger partial charge in [-0.1, -0.05) is 0 Å². The highest BCUT2D eigenvalue weighted by Gasteiger charge is 2.51. The minimum absolute atomic E-state index is 0.163. The molecule has 2 atom stereocenters. The number of hydrogen-bond acceptors (Lipinski definition) is 3. The van der Waals surface area contributed by atoms with Crippen LogP contribution in [0.5, 0.6) is 0 Å². The highest BCUT2D eigenvalue weighted by Crippen LogP contribution is 2.40. The van der Waals surface area contributed by atoms with Crippen molar-refractivity contribution in [2.24, 2.45) is 0 Å². The summed E-state index contributed by atoms with van der Waals surface area (Å²) in [6.07, 6.45) is 2.46. The second-order valence-corrected chi connectivity index (χ2v) is 3.75. The molecule has 14 heavy (non-hydrogen) atoms. The van der Waals surface area contributed by atoms with E-state index in [4.69, 9.17) is 4.74 Å². The van der Waals surface area contributed by atoms with Gasteiger partial charge in [-0.05, 0) is 19.1 Å². The predicted octanol–water partition coefficient (Wildman–Crippen LogP) is 1.81. The van der Waals surface area contributed by atoms with Crippen molar-refractivity contribution in [2.75, 3.05) is 12.4 Å². The summed E-state index contributed by atoms with van der Waals surface area (Å²) < 4.78 is 18.4. The van der Waals surface area contributed by atoms with Gasteiger partial charge in [-0.15, -0.1) is 0 Å². The molecular formula is C10H13FN2O. The lowest BCUT2D eigenvalue weighted by Crippen LogP contribution is -2.19. The van der Waals surface area contributed by atoms with Crippen LogP contribution < -0.4 is 5.32 Å². The van der Waals surface area contributed by atoms with Gasteiger partial charge in [0.1, 0.15) is 0 Å². The van der Waals surface area contributed by atoms with E-state index >= 15 is 0 Å². The number of nitrogens with one attached hydrogen (secondary N) is 1. The lowest BCUT2D eigenvalue weighted by molar-refractivity contribution is 0.0935. The average molecular weight is 196 g/mol. The standard InChI is InChI=1S/C10H13FN2O/c1-10(14-2)6-8(10)13-9-7(11)4-3-5-12-9/h3-5,8H,6H2,1-2H3,(H,12,13). The molecule has 76 valence electrons. The Morgan fingerprint density at radius 1 is 1.71 bits per heavy atom. The monoisotopic (exact) mass is 196 g/mol. The molecule has 1 saturated carbocycles. The molecule has 4 heteroatoms. The van der Waals surface area contributed by atoms with E-state index < -0.39 is 0 Å². The van der Waals surface area contributed by atoms with Crippen LogP contribution in [0.4, 0.5) is 10.2 Å². The first-order chi connectivity index (χ1) is 6.65. The molecule has 1 N–H and O–H groups in total. The number of pyridine rings is 1. The smallest absolute Gasteiger partial charge is 0.165 e. The first-order valence-electron chi connectivity index (χ1n) is 4.58. The topological polar surface area (TPSA) is 34.1 Å². The van der Waals surface area contributed by atoms with E-state index in [0.29, 0.717) is 5.82 Å². The molecule has 1 aromatic heterocycles. The fourth-order valence-corrected chi connectivity index (χ4v) is 1.43.